The zero-order chi connectivity index (χ0) is 15.0. The van der Waals surface area contributed by atoms with E-state index in [1.54, 1.807) is 29.2 Å². The second-order valence-electron chi connectivity index (χ2n) is 4.67. The molecule has 0 saturated carbocycles. The van der Waals surface area contributed by atoms with Crippen LogP contribution in [0.15, 0.2) is 24.3 Å². The molecule has 0 unspecified atom stereocenters. The van der Waals surface area contributed by atoms with Gasteiger partial charge in [-0.2, -0.15) is 0 Å². The largest absolute Gasteiger partial charge is 0.395 e. The molecule has 0 heterocycles. The highest BCUT2D eigenvalue weighted by Gasteiger charge is 2.17. The molecule has 108 valence electrons. The van der Waals surface area contributed by atoms with Crippen LogP contribution in [0.25, 0.3) is 0 Å². The summed E-state index contributed by atoms with van der Waals surface area (Å²) in [7, 11) is 0. The Morgan fingerprint density at radius 1 is 1.20 bits per heavy atom. The van der Waals surface area contributed by atoms with E-state index in [1.165, 1.54) is 0 Å². The van der Waals surface area contributed by atoms with E-state index in [2.05, 4.69) is 11.8 Å². The Morgan fingerprint density at radius 2 is 1.85 bits per heavy atom. The van der Waals surface area contributed by atoms with Gasteiger partial charge in [-0.15, -0.1) is 0 Å². The Hall–Kier alpha value is -1.83. The first-order valence-electron chi connectivity index (χ1n) is 6.71. The normalized spacial score (nSPS) is 10.1. The zero-order valence-electron chi connectivity index (χ0n) is 12.0. The fourth-order valence-corrected chi connectivity index (χ4v) is 1.78. The van der Waals surface area contributed by atoms with E-state index in [-0.39, 0.29) is 25.2 Å². The maximum absolute atomic E-state index is 12.3. The topological polar surface area (TPSA) is 60.8 Å². The number of hydrogen-bond donors (Lipinski definition) is 2. The van der Waals surface area contributed by atoms with Gasteiger partial charge in [0.15, 0.2) is 0 Å². The van der Waals surface area contributed by atoms with Gasteiger partial charge in [-0.25, -0.2) is 0 Å². The molecule has 0 saturated heterocycles. The maximum atomic E-state index is 12.3. The molecule has 0 fully saturated rings. The van der Waals surface area contributed by atoms with Crippen molar-refractivity contribution in [3.05, 3.63) is 35.4 Å². The predicted octanol–water partition coefficient (Wildman–Crippen LogP) is 1.26. The highest BCUT2D eigenvalue weighted by Crippen LogP contribution is 2.09. The minimum atomic E-state index is -0.0936. The molecule has 1 rings (SSSR count). The molecule has 0 bridgehead atoms. The highest BCUT2D eigenvalue weighted by atomic mass is 16.3. The Kier molecular flexibility index (Phi) is 6.78. The van der Waals surface area contributed by atoms with E-state index in [4.69, 9.17) is 10.2 Å². The number of benzene rings is 1. The summed E-state index contributed by atoms with van der Waals surface area (Å²) in [5, 5.41) is 17.7. The molecule has 4 nitrogen and oxygen atoms in total. The molecule has 0 atom stereocenters. The average Bonchev–Trinajstić information content (AvgIpc) is 2.45. The molecular weight excluding hydrogens is 254 g/mol. The number of hydrogen-bond acceptors (Lipinski definition) is 3. The van der Waals surface area contributed by atoms with Crippen molar-refractivity contribution in [2.24, 2.45) is 0 Å². The predicted molar refractivity (Wildman–Crippen MR) is 78.3 cm³/mol. The van der Waals surface area contributed by atoms with Gasteiger partial charge in [-0.1, -0.05) is 11.8 Å². The molecule has 0 aromatic heterocycles. The molecule has 0 aliphatic rings. The van der Waals surface area contributed by atoms with Gasteiger partial charge in [0, 0.05) is 30.1 Å². The molecule has 2 N–H and O–H groups in total. The van der Waals surface area contributed by atoms with Gasteiger partial charge in [-0.3, -0.25) is 4.79 Å². The van der Waals surface area contributed by atoms with Crippen molar-refractivity contribution < 1.29 is 15.0 Å². The first kappa shape index (κ1) is 16.2. The number of carbonyl (C=O) groups excluding carboxylic acids is 1. The second kappa shape index (κ2) is 8.36. The number of carbonyl (C=O) groups is 1. The summed E-state index contributed by atoms with van der Waals surface area (Å²) in [6.07, 6.45) is 0.443. The molecule has 1 aromatic carbocycles. The van der Waals surface area contributed by atoms with Gasteiger partial charge in [0.05, 0.1) is 13.2 Å². The minimum absolute atomic E-state index is 0.0404. The van der Waals surface area contributed by atoms with Crippen LogP contribution in [-0.4, -0.2) is 46.8 Å². The lowest BCUT2D eigenvalue weighted by Crippen LogP contribution is -2.38. The fraction of sp³-hybridized carbons (Fsp3) is 0.438. The van der Waals surface area contributed by atoms with Crippen LogP contribution in [0.2, 0.25) is 0 Å². The van der Waals surface area contributed by atoms with Crippen LogP contribution >= 0.6 is 0 Å². The molecule has 0 radical (unpaired) electrons. The van der Waals surface area contributed by atoms with Gasteiger partial charge < -0.3 is 15.1 Å². The van der Waals surface area contributed by atoms with E-state index in [9.17, 15) is 4.79 Å². The van der Waals surface area contributed by atoms with Crippen LogP contribution in [0.1, 0.15) is 36.2 Å². The third-order valence-corrected chi connectivity index (χ3v) is 2.83. The molecule has 20 heavy (non-hydrogen) atoms. The monoisotopic (exact) mass is 275 g/mol. The van der Waals surface area contributed by atoms with Crippen molar-refractivity contribution >= 4 is 5.91 Å². The molecule has 0 spiro atoms. The van der Waals surface area contributed by atoms with Crippen molar-refractivity contribution in [1.29, 1.82) is 0 Å². The number of nitrogens with zero attached hydrogens (tertiary/aromatic N) is 1. The Labute approximate surface area is 120 Å². The van der Waals surface area contributed by atoms with Gasteiger partial charge >= 0.3 is 0 Å². The zero-order valence-corrected chi connectivity index (χ0v) is 12.0. The quantitative estimate of drug-likeness (QED) is 0.795. The molecule has 0 aliphatic heterocycles. The smallest absolute Gasteiger partial charge is 0.254 e. The van der Waals surface area contributed by atoms with Crippen molar-refractivity contribution in [3.63, 3.8) is 0 Å². The molecule has 4 heteroatoms. The molecule has 0 aliphatic carbocycles. The van der Waals surface area contributed by atoms with E-state index < -0.39 is 0 Å². The minimum Gasteiger partial charge on any atom is -0.395 e. The van der Waals surface area contributed by atoms with E-state index in [0.29, 0.717) is 18.5 Å². The van der Waals surface area contributed by atoms with Crippen molar-refractivity contribution in [3.8, 4) is 11.8 Å². The molecule has 1 amide bonds. The van der Waals surface area contributed by atoms with Crippen LogP contribution < -0.4 is 0 Å². The summed E-state index contributed by atoms with van der Waals surface area (Å²) >= 11 is 0. The van der Waals surface area contributed by atoms with Gasteiger partial charge in [0.1, 0.15) is 0 Å². The van der Waals surface area contributed by atoms with Gasteiger partial charge in [0.25, 0.3) is 5.91 Å². The van der Waals surface area contributed by atoms with Crippen LogP contribution in [0, 0.1) is 11.8 Å². The van der Waals surface area contributed by atoms with E-state index in [0.717, 1.165) is 5.56 Å². The number of aliphatic hydroxyl groups excluding tert-OH is 2. The van der Waals surface area contributed by atoms with Crippen molar-refractivity contribution in [1.82, 2.24) is 4.90 Å². The Bertz CT molecular complexity index is 483. The summed E-state index contributed by atoms with van der Waals surface area (Å²) in [4.78, 5) is 13.9. The second-order valence-corrected chi connectivity index (χ2v) is 4.67. The summed E-state index contributed by atoms with van der Waals surface area (Å²) in [6, 6.07) is 7.08. The summed E-state index contributed by atoms with van der Waals surface area (Å²) in [5.41, 5.74) is 1.40. The third kappa shape index (κ3) is 4.69. The Morgan fingerprint density at radius 3 is 2.35 bits per heavy atom. The van der Waals surface area contributed by atoms with Crippen molar-refractivity contribution in [2.45, 2.75) is 26.3 Å². The average molecular weight is 275 g/mol. The van der Waals surface area contributed by atoms with Crippen LogP contribution in [0.5, 0.6) is 0 Å². The van der Waals surface area contributed by atoms with Crippen LogP contribution in [-0.2, 0) is 0 Å². The number of amides is 1. The van der Waals surface area contributed by atoms with Crippen LogP contribution in [0.3, 0.4) is 0 Å². The first-order chi connectivity index (χ1) is 9.60. The van der Waals surface area contributed by atoms with E-state index >= 15 is 0 Å². The summed E-state index contributed by atoms with van der Waals surface area (Å²) in [5.74, 6) is 5.65. The SMILES string of the molecule is CC(C)N(CCO)C(=O)c1ccc(C#CCCO)cc1. The first-order valence-corrected chi connectivity index (χ1v) is 6.71. The van der Waals surface area contributed by atoms with Gasteiger partial charge in [-0.05, 0) is 38.1 Å². The van der Waals surface area contributed by atoms with Crippen molar-refractivity contribution in [2.75, 3.05) is 19.8 Å². The lowest BCUT2D eigenvalue weighted by Gasteiger charge is -2.26. The highest BCUT2D eigenvalue weighted by molar-refractivity contribution is 5.94. The lowest BCUT2D eigenvalue weighted by atomic mass is 10.1. The lowest BCUT2D eigenvalue weighted by molar-refractivity contribution is 0.0665. The summed E-state index contributed by atoms with van der Waals surface area (Å²) < 4.78 is 0. The Balaban J connectivity index is 2.82. The molecular formula is C16H21NO3. The van der Waals surface area contributed by atoms with Gasteiger partial charge in [0.2, 0.25) is 0 Å². The van der Waals surface area contributed by atoms with E-state index in [1.807, 2.05) is 13.8 Å². The fourth-order valence-electron chi connectivity index (χ4n) is 1.78. The number of rotatable bonds is 5. The summed E-state index contributed by atoms with van der Waals surface area (Å²) in [6.45, 7) is 4.17. The standard InChI is InChI=1S/C16H21NO3/c1-13(2)17(10-12-19)16(20)15-8-6-14(7-9-15)5-3-4-11-18/h6-9,13,18-19H,4,10-12H2,1-2H3. The maximum Gasteiger partial charge on any atom is 0.254 e. The number of aliphatic hydroxyl groups is 2. The van der Waals surface area contributed by atoms with Crippen LogP contribution in [0.4, 0.5) is 0 Å². The molecule has 1 aromatic rings. The third-order valence-electron chi connectivity index (χ3n) is 2.83.